The summed E-state index contributed by atoms with van der Waals surface area (Å²) >= 11 is 0. The lowest BCUT2D eigenvalue weighted by Crippen LogP contribution is -2.26. The van der Waals surface area contributed by atoms with Gasteiger partial charge in [-0.3, -0.25) is 18.8 Å². The molecule has 2 atom stereocenters. The van der Waals surface area contributed by atoms with Gasteiger partial charge in [-0.05, 0) is 181 Å². The third-order valence-electron chi connectivity index (χ3n) is 20.7. The van der Waals surface area contributed by atoms with E-state index in [1.165, 1.54) is 16.2 Å². The third kappa shape index (κ3) is 10.5. The average molecular weight is 1330 g/mol. The molecule has 0 fully saturated rings. The molecule has 2 unspecified atom stereocenters. The van der Waals surface area contributed by atoms with Crippen molar-refractivity contribution in [2.45, 2.75) is 12.0 Å². The average Bonchev–Trinajstić information content (AvgIpc) is 1.59. The molecule has 1 aliphatic heterocycles. The van der Waals surface area contributed by atoms with Gasteiger partial charge in [-0.2, -0.15) is 0 Å². The van der Waals surface area contributed by atoms with E-state index >= 15 is 0 Å². The fraction of sp³-hybridized carbons (Fsp3) is 0.0211. The van der Waals surface area contributed by atoms with Gasteiger partial charge in [0.25, 0.3) is 0 Å². The minimum Gasteiger partial charge on any atom is -0.311 e. The molecule has 0 saturated heterocycles. The first-order chi connectivity index (χ1) is 51.5. The quantitative estimate of drug-likeness (QED) is 0.114. The number of anilines is 6. The molecule has 2 aliphatic rings. The van der Waals surface area contributed by atoms with Gasteiger partial charge < -0.3 is 9.80 Å². The minimum absolute atomic E-state index is 0.0323. The smallest absolute Gasteiger partial charge is 0.138 e. The molecule has 0 radical (unpaired) electrons. The molecular weight excluding hydrogens is 1270 g/mol. The number of para-hydroxylation sites is 3. The van der Waals surface area contributed by atoms with Gasteiger partial charge in [-0.1, -0.05) is 237 Å². The number of hydrogen-bond donors (Lipinski definition) is 0. The van der Waals surface area contributed by atoms with Gasteiger partial charge in [0.2, 0.25) is 0 Å². The minimum atomic E-state index is -0.0468. The van der Waals surface area contributed by atoms with E-state index < -0.39 is 0 Å². The van der Waals surface area contributed by atoms with Gasteiger partial charge in [0, 0.05) is 81.0 Å². The summed E-state index contributed by atoms with van der Waals surface area (Å²) in [5.41, 5.74) is 28.0. The molecule has 7 heterocycles. The van der Waals surface area contributed by atoms with E-state index in [0.717, 1.165) is 162 Å². The molecule has 9 nitrogen and oxygen atoms in total. The van der Waals surface area contributed by atoms with Crippen LogP contribution in [0, 0.1) is 0 Å². The molecular formula is C95H63N9. The molecule has 1 aliphatic carbocycles. The lowest BCUT2D eigenvalue weighted by molar-refractivity contribution is 0.686. The van der Waals surface area contributed by atoms with Crippen LogP contribution in [0.5, 0.6) is 0 Å². The van der Waals surface area contributed by atoms with Crippen LogP contribution in [0.25, 0.3) is 122 Å². The van der Waals surface area contributed by atoms with Crippen LogP contribution in [0.4, 0.5) is 34.1 Å². The summed E-state index contributed by atoms with van der Waals surface area (Å²) < 4.78 is 4.46. The standard InChI is InChI=1S/C95H63N9/c1-3-24-75(25-4-1)103(76-26-5-2-6-27-76)77-50-47-63(48-51-77)74-49-52-88-99-93-83-32-10-12-35-86(83)98-91(95(93)102(88)61-74)68-44-39-66(40-45-68)80-33-15-19-65-41-46-71(58-84(65)80)69-21-13-28-78(56-69)104(87-36-16-20-64-18-7-8-30-81(64)87)79-29-14-22-70(57-79)72-53-55-101-89(59-72)100-92-82-31-9-11-34-85(82)97-90(94(92)101)67-42-37-62(38-43-67)73-23-17-54-96-60-73/h1-61,82,85H. The van der Waals surface area contributed by atoms with E-state index in [1.54, 1.807) is 0 Å². The number of rotatable bonds is 13. The summed E-state index contributed by atoms with van der Waals surface area (Å²) in [6, 6.07) is 115. The first-order valence-corrected chi connectivity index (χ1v) is 35.3. The highest BCUT2D eigenvalue weighted by atomic mass is 15.2. The van der Waals surface area contributed by atoms with E-state index in [1.807, 2.05) is 18.5 Å². The fourth-order valence-electron chi connectivity index (χ4n) is 15.6. The summed E-state index contributed by atoms with van der Waals surface area (Å²) in [6.07, 6.45) is 16.8. The summed E-state index contributed by atoms with van der Waals surface area (Å²) in [5.74, 6) is 0.0323. The second-order valence-electron chi connectivity index (χ2n) is 26.8. The molecule has 18 aromatic rings. The highest BCUT2D eigenvalue weighted by molar-refractivity contribution is 6.15. The van der Waals surface area contributed by atoms with Crippen molar-refractivity contribution in [3.63, 3.8) is 0 Å². The van der Waals surface area contributed by atoms with Crippen molar-refractivity contribution in [2.75, 3.05) is 9.80 Å². The maximum absolute atomic E-state index is 5.47. The van der Waals surface area contributed by atoms with Crippen LogP contribution >= 0.6 is 0 Å². The zero-order valence-corrected chi connectivity index (χ0v) is 56.4. The first kappa shape index (κ1) is 60.1. The number of fused-ring (bicyclic) bond motifs is 12. The molecule has 20 rings (SSSR count). The number of aromatic nitrogens is 6. The van der Waals surface area contributed by atoms with E-state index in [9.17, 15) is 0 Å². The Labute approximate surface area is 600 Å². The topological polar surface area (TPSA) is 79.2 Å². The number of allylic oxidation sites excluding steroid dienone is 2. The van der Waals surface area contributed by atoms with Crippen molar-refractivity contribution in [2.24, 2.45) is 4.99 Å². The molecule has 0 N–H and O–H groups in total. The van der Waals surface area contributed by atoms with Crippen molar-refractivity contribution in [1.82, 2.24) is 28.7 Å². The summed E-state index contributed by atoms with van der Waals surface area (Å²) in [5, 5.41) is 5.69. The van der Waals surface area contributed by atoms with Crippen LogP contribution in [0.3, 0.4) is 0 Å². The lowest BCUT2D eigenvalue weighted by atomic mass is 9.86. The maximum Gasteiger partial charge on any atom is 0.138 e. The van der Waals surface area contributed by atoms with Crippen molar-refractivity contribution >= 4 is 94.6 Å². The number of nitrogens with zero attached hydrogens (tertiary/aromatic N) is 9. The molecule has 12 aromatic carbocycles. The normalized spacial score (nSPS) is 13.9. The lowest BCUT2D eigenvalue weighted by Gasteiger charge is -2.28. The van der Waals surface area contributed by atoms with Crippen LogP contribution in [-0.2, 0) is 0 Å². The van der Waals surface area contributed by atoms with E-state index in [4.69, 9.17) is 19.9 Å². The Morgan fingerprint density at radius 1 is 0.346 bits per heavy atom. The monoisotopic (exact) mass is 1330 g/mol. The van der Waals surface area contributed by atoms with Gasteiger partial charge >= 0.3 is 0 Å². The Kier molecular flexibility index (Phi) is 14.5. The van der Waals surface area contributed by atoms with Crippen molar-refractivity contribution < 1.29 is 0 Å². The summed E-state index contributed by atoms with van der Waals surface area (Å²) in [6.45, 7) is 0. The number of benzene rings is 12. The van der Waals surface area contributed by atoms with Crippen LogP contribution in [0.15, 0.2) is 376 Å². The maximum atomic E-state index is 5.47. The summed E-state index contributed by atoms with van der Waals surface area (Å²) in [7, 11) is 0. The van der Waals surface area contributed by atoms with E-state index in [0.29, 0.717) is 0 Å². The van der Waals surface area contributed by atoms with Crippen molar-refractivity contribution in [3.05, 3.63) is 388 Å². The third-order valence-corrected chi connectivity index (χ3v) is 20.7. The van der Waals surface area contributed by atoms with Gasteiger partial charge in [-0.15, -0.1) is 0 Å². The Balaban J connectivity index is 0.634. The molecule has 0 bridgehead atoms. The molecule has 9 heteroatoms. The Bertz CT molecular complexity index is 6430. The molecule has 0 amide bonds. The second-order valence-corrected chi connectivity index (χ2v) is 26.8. The molecule has 488 valence electrons. The number of imidazole rings is 2. The second kappa shape index (κ2) is 25.1. The number of pyridine rings is 4. The zero-order valence-electron chi connectivity index (χ0n) is 56.4. The highest BCUT2D eigenvalue weighted by Gasteiger charge is 2.34. The molecule has 104 heavy (non-hydrogen) atoms. The van der Waals surface area contributed by atoms with Crippen LogP contribution < -0.4 is 9.80 Å². The van der Waals surface area contributed by atoms with Gasteiger partial charge in [-0.25, -0.2) is 15.0 Å². The number of aliphatic imine (C=N–C) groups is 1. The Hall–Kier alpha value is -13.9. The van der Waals surface area contributed by atoms with Crippen LogP contribution in [-0.4, -0.2) is 40.5 Å². The fourth-order valence-corrected chi connectivity index (χ4v) is 15.6. The molecule has 0 saturated carbocycles. The van der Waals surface area contributed by atoms with Crippen LogP contribution in [0.1, 0.15) is 22.9 Å². The predicted molar refractivity (Wildman–Crippen MR) is 428 cm³/mol. The van der Waals surface area contributed by atoms with Crippen molar-refractivity contribution in [3.8, 4) is 66.9 Å². The van der Waals surface area contributed by atoms with Crippen LogP contribution in [0.2, 0.25) is 0 Å². The van der Waals surface area contributed by atoms with Crippen molar-refractivity contribution in [1.29, 1.82) is 0 Å². The van der Waals surface area contributed by atoms with E-state index in [-0.39, 0.29) is 12.0 Å². The van der Waals surface area contributed by atoms with E-state index in [2.05, 4.69) is 376 Å². The predicted octanol–water partition coefficient (Wildman–Crippen LogP) is 23.8. The van der Waals surface area contributed by atoms with Gasteiger partial charge in [0.15, 0.2) is 0 Å². The molecule has 6 aromatic heterocycles. The Morgan fingerprint density at radius 2 is 0.933 bits per heavy atom. The highest BCUT2D eigenvalue weighted by Crippen LogP contribution is 2.45. The zero-order chi connectivity index (χ0) is 68.6. The largest absolute Gasteiger partial charge is 0.311 e. The SMILES string of the molecule is C1=CC2N=C(c3ccc(-c4cccnc4)cc3)c3c(nc4cc(-c5cccc(N(c6cccc(-c7ccc8cccc(-c9ccc(-c%10nc%11ccccc%11c%11nc%12ccc(-c%13ccc(N(c%14ccccc%14)c%14ccccc%14)cc%13)cn%12c%10%11)cc9)c8c7)c6)c6cccc7ccccc67)c5)ccn34)C2C=C1. The van der Waals surface area contributed by atoms with Gasteiger partial charge in [0.05, 0.1) is 45.6 Å². The number of hydrogen-bond acceptors (Lipinski definition) is 7. The Morgan fingerprint density at radius 3 is 1.70 bits per heavy atom. The first-order valence-electron chi connectivity index (χ1n) is 35.3. The summed E-state index contributed by atoms with van der Waals surface area (Å²) in [4.78, 5) is 30.7. The van der Waals surface area contributed by atoms with Gasteiger partial charge in [0.1, 0.15) is 16.8 Å². The molecule has 0 spiro atoms.